The number of fused-ring (bicyclic) bond motifs is 1. The van der Waals surface area contributed by atoms with E-state index >= 15 is 0 Å². The molecule has 0 bridgehead atoms. The zero-order valence-corrected chi connectivity index (χ0v) is 19.4. The fraction of sp³-hybridized carbons (Fsp3) is 0.520. The van der Waals surface area contributed by atoms with Crippen LogP contribution in [0.4, 0.5) is 16.3 Å². The maximum absolute atomic E-state index is 12.6. The van der Waals surface area contributed by atoms with Gasteiger partial charge < -0.3 is 19.4 Å². The molecule has 1 saturated heterocycles. The number of ether oxygens (including phenoxy) is 1. The molecule has 6 heteroatoms. The first-order valence-corrected chi connectivity index (χ1v) is 11.2. The highest BCUT2D eigenvalue weighted by Gasteiger charge is 2.32. The number of amides is 1. The largest absolute Gasteiger partial charge is 0.444 e. The molecule has 6 nitrogen and oxygen atoms in total. The Bertz CT molecular complexity index is 936. The molecular formula is C25H34N4O2. The number of hydrogen-bond donors (Lipinski definition) is 0. The first-order valence-electron chi connectivity index (χ1n) is 11.2. The normalized spacial score (nSPS) is 19.3. The van der Waals surface area contributed by atoms with Gasteiger partial charge >= 0.3 is 6.09 Å². The van der Waals surface area contributed by atoms with E-state index in [0.29, 0.717) is 6.54 Å². The molecule has 0 saturated carbocycles. The monoisotopic (exact) mass is 422 g/mol. The molecule has 1 aromatic carbocycles. The number of carbonyl (C=O) groups is 1. The summed E-state index contributed by atoms with van der Waals surface area (Å²) < 4.78 is 5.61. The van der Waals surface area contributed by atoms with Crippen LogP contribution in [0.3, 0.4) is 0 Å². The Balaban J connectivity index is 1.51. The van der Waals surface area contributed by atoms with Gasteiger partial charge in [0.25, 0.3) is 0 Å². The lowest BCUT2D eigenvalue weighted by Gasteiger charge is -2.42. The lowest BCUT2D eigenvalue weighted by atomic mass is 9.96. The summed E-state index contributed by atoms with van der Waals surface area (Å²) >= 11 is 0. The summed E-state index contributed by atoms with van der Waals surface area (Å²) in [7, 11) is 0. The van der Waals surface area contributed by atoms with E-state index in [1.54, 1.807) is 0 Å². The zero-order chi connectivity index (χ0) is 22.2. The third-order valence-corrected chi connectivity index (χ3v) is 6.06. The minimum Gasteiger partial charge on any atom is -0.444 e. The summed E-state index contributed by atoms with van der Waals surface area (Å²) in [6.07, 6.45) is 2.74. The summed E-state index contributed by atoms with van der Waals surface area (Å²) in [5, 5.41) is 0. The van der Waals surface area contributed by atoms with Crippen LogP contribution in [0.25, 0.3) is 0 Å². The molecule has 0 aliphatic carbocycles. The lowest BCUT2D eigenvalue weighted by molar-refractivity contribution is 0.0159. The minimum absolute atomic E-state index is 0.0953. The highest BCUT2D eigenvalue weighted by atomic mass is 16.6. The van der Waals surface area contributed by atoms with Crippen molar-refractivity contribution in [1.29, 1.82) is 0 Å². The first kappa shape index (κ1) is 21.5. The number of aryl methyl sites for hydroxylation is 1. The van der Waals surface area contributed by atoms with Crippen molar-refractivity contribution in [3.63, 3.8) is 0 Å². The van der Waals surface area contributed by atoms with Gasteiger partial charge in [0.05, 0.1) is 0 Å². The molecule has 0 radical (unpaired) electrons. The Hall–Kier alpha value is -2.76. The van der Waals surface area contributed by atoms with Gasteiger partial charge in [-0.25, -0.2) is 9.78 Å². The maximum Gasteiger partial charge on any atom is 0.410 e. The molecule has 4 rings (SSSR count). The molecule has 166 valence electrons. The van der Waals surface area contributed by atoms with Gasteiger partial charge in [0.1, 0.15) is 11.4 Å². The van der Waals surface area contributed by atoms with Crippen molar-refractivity contribution in [2.45, 2.75) is 59.2 Å². The average Bonchev–Trinajstić information content (AvgIpc) is 2.72. The number of hydrogen-bond acceptors (Lipinski definition) is 5. The van der Waals surface area contributed by atoms with Crippen LogP contribution in [-0.2, 0) is 17.7 Å². The van der Waals surface area contributed by atoms with Crippen molar-refractivity contribution < 1.29 is 9.53 Å². The molecule has 0 N–H and O–H groups in total. The summed E-state index contributed by atoms with van der Waals surface area (Å²) in [5.41, 5.74) is 4.79. The van der Waals surface area contributed by atoms with E-state index in [1.807, 2.05) is 31.9 Å². The summed E-state index contributed by atoms with van der Waals surface area (Å²) in [4.78, 5) is 23.9. The van der Waals surface area contributed by atoms with Crippen LogP contribution in [0.1, 0.15) is 44.4 Å². The molecule has 2 aliphatic heterocycles. The van der Waals surface area contributed by atoms with Crippen LogP contribution in [0, 0.1) is 6.92 Å². The molecule has 2 aliphatic rings. The fourth-order valence-electron chi connectivity index (χ4n) is 4.47. The van der Waals surface area contributed by atoms with Crippen molar-refractivity contribution in [2.75, 3.05) is 36.0 Å². The quantitative estimate of drug-likeness (QED) is 0.718. The van der Waals surface area contributed by atoms with E-state index in [-0.39, 0.29) is 12.1 Å². The van der Waals surface area contributed by atoms with Gasteiger partial charge in [0.2, 0.25) is 0 Å². The number of carbonyl (C=O) groups excluding carboxylic acids is 1. The number of nitrogens with zero attached hydrogens (tertiary/aromatic N) is 4. The molecule has 1 fully saturated rings. The van der Waals surface area contributed by atoms with Crippen molar-refractivity contribution in [3.8, 4) is 0 Å². The van der Waals surface area contributed by atoms with Gasteiger partial charge in [0.15, 0.2) is 0 Å². The van der Waals surface area contributed by atoms with Gasteiger partial charge in [-0.2, -0.15) is 0 Å². The van der Waals surface area contributed by atoms with E-state index in [1.165, 1.54) is 22.4 Å². The van der Waals surface area contributed by atoms with Gasteiger partial charge in [0, 0.05) is 50.6 Å². The number of piperazine rings is 1. The number of anilines is 2. The number of pyridine rings is 1. The zero-order valence-electron chi connectivity index (χ0n) is 19.4. The molecule has 31 heavy (non-hydrogen) atoms. The Kier molecular flexibility index (Phi) is 5.82. The van der Waals surface area contributed by atoms with Crippen LogP contribution in [0.5, 0.6) is 0 Å². The number of aromatic nitrogens is 1. The topological polar surface area (TPSA) is 48.9 Å². The second-order valence-corrected chi connectivity index (χ2v) is 9.75. The Morgan fingerprint density at radius 3 is 2.58 bits per heavy atom. The predicted octanol–water partition coefficient (Wildman–Crippen LogP) is 4.40. The molecule has 1 atom stereocenters. The first-order chi connectivity index (χ1) is 14.7. The van der Waals surface area contributed by atoms with Crippen LogP contribution in [0.15, 0.2) is 36.5 Å². The second-order valence-electron chi connectivity index (χ2n) is 9.75. The minimum atomic E-state index is -0.472. The van der Waals surface area contributed by atoms with Crippen LogP contribution < -0.4 is 9.80 Å². The van der Waals surface area contributed by atoms with E-state index in [9.17, 15) is 4.79 Å². The summed E-state index contributed by atoms with van der Waals surface area (Å²) in [6, 6.07) is 11.0. The smallest absolute Gasteiger partial charge is 0.410 e. The van der Waals surface area contributed by atoms with Gasteiger partial charge in [-0.1, -0.05) is 18.2 Å². The molecule has 1 aromatic heterocycles. The van der Waals surface area contributed by atoms with Crippen molar-refractivity contribution in [3.05, 3.63) is 53.2 Å². The maximum atomic E-state index is 12.6. The van der Waals surface area contributed by atoms with E-state index < -0.39 is 5.60 Å². The third kappa shape index (κ3) is 4.78. The van der Waals surface area contributed by atoms with Crippen LogP contribution in [-0.4, -0.2) is 53.8 Å². The Morgan fingerprint density at radius 2 is 1.90 bits per heavy atom. The van der Waals surface area contributed by atoms with E-state index in [2.05, 4.69) is 59.0 Å². The van der Waals surface area contributed by atoms with Crippen molar-refractivity contribution in [2.24, 2.45) is 0 Å². The van der Waals surface area contributed by atoms with Crippen LogP contribution >= 0.6 is 0 Å². The summed E-state index contributed by atoms with van der Waals surface area (Å²) in [5.74, 6) is 1.04. The SMILES string of the molecule is Cc1ccc(N2CCc3cccc(N4CCN(C(=O)OC(C)(C)C)C(C)C4)c3C2)nc1. The van der Waals surface area contributed by atoms with Gasteiger partial charge in [-0.3, -0.25) is 0 Å². The van der Waals surface area contributed by atoms with Gasteiger partial charge in [-0.15, -0.1) is 0 Å². The lowest BCUT2D eigenvalue weighted by Crippen LogP contribution is -2.55. The standard InChI is InChI=1S/C25H34N4O2/c1-18-9-10-23(26-15-18)28-12-11-20-7-6-8-22(21(20)17-28)27-13-14-29(19(2)16-27)24(30)31-25(3,4)5/h6-10,15,19H,11-14,16-17H2,1-5H3. The van der Waals surface area contributed by atoms with E-state index in [4.69, 9.17) is 4.74 Å². The Labute approximate surface area is 185 Å². The fourth-order valence-corrected chi connectivity index (χ4v) is 4.47. The van der Waals surface area contributed by atoms with Gasteiger partial charge in [-0.05, 0) is 69.9 Å². The molecule has 3 heterocycles. The molecular weight excluding hydrogens is 388 g/mol. The molecule has 2 aromatic rings. The number of rotatable bonds is 2. The van der Waals surface area contributed by atoms with Crippen LogP contribution in [0.2, 0.25) is 0 Å². The molecule has 1 unspecified atom stereocenters. The van der Waals surface area contributed by atoms with Crippen molar-refractivity contribution >= 4 is 17.6 Å². The molecule has 1 amide bonds. The molecule has 0 spiro atoms. The highest BCUT2D eigenvalue weighted by Crippen LogP contribution is 2.32. The third-order valence-electron chi connectivity index (χ3n) is 6.06. The average molecular weight is 423 g/mol. The Morgan fingerprint density at radius 1 is 1.10 bits per heavy atom. The highest BCUT2D eigenvalue weighted by molar-refractivity contribution is 5.69. The van der Waals surface area contributed by atoms with Crippen molar-refractivity contribution in [1.82, 2.24) is 9.88 Å². The van der Waals surface area contributed by atoms with E-state index in [0.717, 1.165) is 38.4 Å². The second kappa shape index (κ2) is 8.40. The predicted molar refractivity (Wildman–Crippen MR) is 125 cm³/mol. The summed E-state index contributed by atoms with van der Waals surface area (Å²) in [6.45, 7) is 14.0. The number of benzene rings is 1.